The van der Waals surface area contributed by atoms with Crippen molar-refractivity contribution in [2.75, 3.05) is 6.61 Å². The second kappa shape index (κ2) is 6.41. The molecule has 0 aromatic heterocycles. The third-order valence-electron chi connectivity index (χ3n) is 2.67. The molecule has 0 spiro atoms. The molecule has 0 saturated heterocycles. The number of alkyl halides is 3. The van der Waals surface area contributed by atoms with Gasteiger partial charge in [-0.3, -0.25) is 0 Å². The maximum Gasteiger partial charge on any atom is 0.416 e. The summed E-state index contributed by atoms with van der Waals surface area (Å²) in [6.45, 7) is 2.01. The van der Waals surface area contributed by atoms with Crippen LogP contribution < -0.4 is 5.32 Å². The number of nitrogens with one attached hydrogen (secondary N) is 1. The van der Waals surface area contributed by atoms with Crippen molar-refractivity contribution >= 4 is 11.6 Å². The summed E-state index contributed by atoms with van der Waals surface area (Å²) in [6, 6.07) is 3.08. The van der Waals surface area contributed by atoms with Crippen molar-refractivity contribution in [2.24, 2.45) is 0 Å². The normalized spacial score (nSPS) is 13.7. The van der Waals surface area contributed by atoms with Crippen LogP contribution in [0.25, 0.3) is 0 Å². The van der Waals surface area contributed by atoms with Crippen LogP contribution in [0.3, 0.4) is 0 Å². The molecule has 0 fully saturated rings. The summed E-state index contributed by atoms with van der Waals surface area (Å²) in [5.41, 5.74) is -0.348. The third kappa shape index (κ3) is 4.15. The van der Waals surface area contributed by atoms with Gasteiger partial charge >= 0.3 is 6.18 Å². The topological polar surface area (TPSA) is 32.3 Å². The van der Waals surface area contributed by atoms with Crippen LogP contribution >= 0.6 is 11.6 Å². The summed E-state index contributed by atoms with van der Waals surface area (Å²) in [6.07, 6.45) is -3.69. The molecule has 1 aromatic rings. The fraction of sp³-hybridized carbons (Fsp3) is 0.500. The smallest absolute Gasteiger partial charge is 0.395 e. The first kappa shape index (κ1) is 15.3. The van der Waals surface area contributed by atoms with Gasteiger partial charge in [-0.15, -0.1) is 0 Å². The minimum absolute atomic E-state index is 0.0624. The molecule has 1 unspecified atom stereocenters. The van der Waals surface area contributed by atoms with Gasteiger partial charge in [-0.05, 0) is 30.2 Å². The minimum Gasteiger partial charge on any atom is -0.395 e. The molecule has 2 nitrogen and oxygen atoms in total. The maximum absolute atomic E-state index is 12.5. The first-order valence-corrected chi connectivity index (χ1v) is 5.96. The van der Waals surface area contributed by atoms with Gasteiger partial charge in [-0.25, -0.2) is 0 Å². The van der Waals surface area contributed by atoms with Crippen molar-refractivity contribution in [1.82, 2.24) is 5.32 Å². The zero-order chi connectivity index (χ0) is 13.8. The predicted molar refractivity (Wildman–Crippen MR) is 64.5 cm³/mol. The van der Waals surface area contributed by atoms with E-state index in [2.05, 4.69) is 5.32 Å². The van der Waals surface area contributed by atoms with Gasteiger partial charge in [-0.2, -0.15) is 13.2 Å². The molecule has 1 atom stereocenters. The highest BCUT2D eigenvalue weighted by Crippen LogP contribution is 2.31. The van der Waals surface area contributed by atoms with Gasteiger partial charge < -0.3 is 10.4 Å². The molecule has 6 heteroatoms. The largest absolute Gasteiger partial charge is 0.416 e. The molecule has 0 heterocycles. The van der Waals surface area contributed by atoms with Crippen LogP contribution in [0.5, 0.6) is 0 Å². The Morgan fingerprint density at radius 2 is 2.06 bits per heavy atom. The van der Waals surface area contributed by atoms with Crippen molar-refractivity contribution in [3.63, 3.8) is 0 Å². The number of rotatable bonds is 5. The van der Waals surface area contributed by atoms with Gasteiger partial charge in [-0.1, -0.05) is 18.5 Å². The zero-order valence-corrected chi connectivity index (χ0v) is 10.6. The number of halogens is 4. The Kier molecular flexibility index (Phi) is 5.44. The van der Waals surface area contributed by atoms with E-state index >= 15 is 0 Å². The van der Waals surface area contributed by atoms with Crippen molar-refractivity contribution in [2.45, 2.75) is 32.1 Å². The van der Waals surface area contributed by atoms with E-state index in [4.69, 9.17) is 16.7 Å². The number of benzene rings is 1. The summed E-state index contributed by atoms with van der Waals surface area (Å²) in [7, 11) is 0. The van der Waals surface area contributed by atoms with E-state index in [1.54, 1.807) is 0 Å². The Labute approximate surface area is 109 Å². The van der Waals surface area contributed by atoms with Crippen LogP contribution in [0, 0.1) is 0 Å². The highest BCUT2D eigenvalue weighted by atomic mass is 35.5. The third-order valence-corrected chi connectivity index (χ3v) is 3.04. The lowest BCUT2D eigenvalue weighted by atomic mass is 10.1. The number of aliphatic hydroxyl groups excluding tert-OH is 1. The summed E-state index contributed by atoms with van der Waals surface area (Å²) >= 11 is 5.85. The van der Waals surface area contributed by atoms with Crippen LogP contribution in [-0.2, 0) is 12.7 Å². The van der Waals surface area contributed by atoms with Crippen LogP contribution in [0.15, 0.2) is 18.2 Å². The molecule has 0 aliphatic rings. The SMILES string of the molecule is CCC(CO)NCc1cc(C(F)(F)F)ccc1Cl. The minimum atomic E-state index is -4.37. The monoisotopic (exact) mass is 281 g/mol. The molecule has 0 radical (unpaired) electrons. The highest BCUT2D eigenvalue weighted by Gasteiger charge is 2.30. The second-order valence-corrected chi connectivity index (χ2v) is 4.38. The second-order valence-electron chi connectivity index (χ2n) is 3.97. The average molecular weight is 282 g/mol. The van der Waals surface area contributed by atoms with Crippen molar-refractivity contribution in [3.8, 4) is 0 Å². The van der Waals surface area contributed by atoms with Gasteiger partial charge in [0, 0.05) is 17.6 Å². The Bertz CT molecular complexity index is 391. The van der Waals surface area contributed by atoms with E-state index in [-0.39, 0.29) is 24.2 Å². The van der Waals surface area contributed by atoms with Gasteiger partial charge in [0.2, 0.25) is 0 Å². The molecule has 18 heavy (non-hydrogen) atoms. The van der Waals surface area contributed by atoms with Crippen molar-refractivity contribution < 1.29 is 18.3 Å². The average Bonchev–Trinajstić information content (AvgIpc) is 2.31. The zero-order valence-electron chi connectivity index (χ0n) is 9.89. The Morgan fingerprint density at radius 3 is 2.56 bits per heavy atom. The molecule has 102 valence electrons. The molecule has 0 amide bonds. The fourth-order valence-corrected chi connectivity index (χ4v) is 1.66. The van der Waals surface area contributed by atoms with Crippen LogP contribution in [0.4, 0.5) is 13.2 Å². The maximum atomic E-state index is 12.5. The van der Waals surface area contributed by atoms with E-state index < -0.39 is 11.7 Å². The first-order chi connectivity index (χ1) is 8.38. The van der Waals surface area contributed by atoms with Gasteiger partial charge in [0.1, 0.15) is 0 Å². The summed E-state index contributed by atoms with van der Waals surface area (Å²) in [4.78, 5) is 0. The van der Waals surface area contributed by atoms with Crippen LogP contribution in [0.2, 0.25) is 5.02 Å². The van der Waals surface area contributed by atoms with Gasteiger partial charge in [0.05, 0.1) is 12.2 Å². The Balaban J connectivity index is 2.82. The Morgan fingerprint density at radius 1 is 1.39 bits per heavy atom. The molecule has 1 aromatic carbocycles. The van der Waals surface area contributed by atoms with E-state index in [0.29, 0.717) is 12.0 Å². The molecule has 0 bridgehead atoms. The fourth-order valence-electron chi connectivity index (χ4n) is 1.48. The molecule has 2 N–H and O–H groups in total. The lowest BCUT2D eigenvalue weighted by molar-refractivity contribution is -0.137. The Hall–Kier alpha value is -0.780. The molecular formula is C12H15ClF3NO. The van der Waals surface area contributed by atoms with E-state index in [9.17, 15) is 13.2 Å². The first-order valence-electron chi connectivity index (χ1n) is 5.58. The molecular weight excluding hydrogens is 267 g/mol. The molecule has 0 saturated carbocycles. The number of aliphatic hydroxyl groups is 1. The lowest BCUT2D eigenvalue weighted by Gasteiger charge is -2.16. The summed E-state index contributed by atoms with van der Waals surface area (Å²) in [5.74, 6) is 0. The molecule has 1 rings (SSSR count). The highest BCUT2D eigenvalue weighted by molar-refractivity contribution is 6.31. The van der Waals surface area contributed by atoms with Crippen molar-refractivity contribution in [3.05, 3.63) is 34.3 Å². The van der Waals surface area contributed by atoms with E-state index in [0.717, 1.165) is 12.1 Å². The van der Waals surface area contributed by atoms with Gasteiger partial charge in [0.25, 0.3) is 0 Å². The van der Waals surface area contributed by atoms with E-state index in [1.807, 2.05) is 6.92 Å². The molecule has 0 aliphatic carbocycles. The lowest BCUT2D eigenvalue weighted by Crippen LogP contribution is -2.31. The standard InChI is InChI=1S/C12H15ClF3NO/c1-2-10(7-18)17-6-8-5-9(12(14,15)16)3-4-11(8)13/h3-5,10,17-18H,2,6-7H2,1H3. The summed E-state index contributed by atoms with van der Waals surface area (Å²) < 4.78 is 37.6. The van der Waals surface area contributed by atoms with Crippen LogP contribution in [-0.4, -0.2) is 17.8 Å². The van der Waals surface area contributed by atoms with Crippen molar-refractivity contribution in [1.29, 1.82) is 0 Å². The number of hydrogen-bond acceptors (Lipinski definition) is 2. The summed E-state index contributed by atoms with van der Waals surface area (Å²) in [5, 5.41) is 12.2. The number of hydrogen-bond donors (Lipinski definition) is 2. The quantitative estimate of drug-likeness (QED) is 0.868. The molecule has 0 aliphatic heterocycles. The van der Waals surface area contributed by atoms with Crippen LogP contribution in [0.1, 0.15) is 24.5 Å². The predicted octanol–water partition coefficient (Wildman–Crippen LogP) is 3.22. The van der Waals surface area contributed by atoms with Gasteiger partial charge in [0.15, 0.2) is 0 Å². The van der Waals surface area contributed by atoms with E-state index in [1.165, 1.54) is 6.07 Å².